The third-order valence-electron chi connectivity index (χ3n) is 2.46. The van der Waals surface area contributed by atoms with Crippen LogP contribution in [0.4, 0.5) is 0 Å². The predicted octanol–water partition coefficient (Wildman–Crippen LogP) is -3.11. The third-order valence-corrected chi connectivity index (χ3v) is 17.7. The highest BCUT2D eigenvalue weighted by Crippen LogP contribution is 2.21. The fourth-order valence-corrected chi connectivity index (χ4v) is 20.7. The summed E-state index contributed by atoms with van der Waals surface area (Å²) in [6.07, 6.45) is 1.11. The minimum absolute atomic E-state index is 0.328. The molecule has 0 fully saturated rings. The molecule has 0 radical (unpaired) electrons. The second-order valence-electron chi connectivity index (χ2n) is 8.25. The van der Waals surface area contributed by atoms with E-state index in [0.29, 0.717) is 0 Å². The molecule has 0 N–H and O–H groups in total. The van der Waals surface area contributed by atoms with Crippen LogP contribution in [-0.2, 0) is 47.2 Å². The summed E-state index contributed by atoms with van der Waals surface area (Å²) in [5.41, 5.74) is 0. The van der Waals surface area contributed by atoms with Gasteiger partial charge in [-0.3, -0.25) is 4.79 Å². The molecule has 0 atom stereocenters. The fourth-order valence-electron chi connectivity index (χ4n) is 1.99. The summed E-state index contributed by atoms with van der Waals surface area (Å²) in [4.78, 5) is 21.7. The van der Waals surface area contributed by atoms with Crippen LogP contribution >= 0.6 is 0 Å². The third kappa shape index (κ3) is 26.6. The van der Waals surface area contributed by atoms with Crippen molar-refractivity contribution < 1.29 is 47.2 Å². The molecule has 0 bridgehead atoms. The lowest BCUT2D eigenvalue weighted by Crippen LogP contribution is -2.55. The normalized spacial score (nSPS) is 13.9. The first kappa shape index (κ1) is 34.5. The van der Waals surface area contributed by atoms with Crippen molar-refractivity contribution >= 4 is 97.9 Å². The predicted molar refractivity (Wildman–Crippen MR) is 147 cm³/mol. The topological polar surface area (TPSA) is 117 Å². The molecule has 32 heavy (non-hydrogen) atoms. The average molecular weight is 613 g/mol. The van der Waals surface area contributed by atoms with Gasteiger partial charge in [0.25, 0.3) is 46.0 Å². The van der Waals surface area contributed by atoms with E-state index in [0.717, 1.165) is 16.6 Å². The van der Waals surface area contributed by atoms with Crippen molar-refractivity contribution in [1.82, 2.24) is 0 Å². The second kappa shape index (κ2) is 18.7. The maximum Gasteiger partial charge on any atom is 0.543 e. The highest BCUT2D eigenvalue weighted by Gasteiger charge is 2.45. The van der Waals surface area contributed by atoms with Crippen molar-refractivity contribution in [1.29, 1.82) is 0 Å². The minimum Gasteiger partial charge on any atom is -0.497 e. The zero-order chi connectivity index (χ0) is 25.3. The number of rotatable bonds is 16. The molecule has 0 heterocycles. The van der Waals surface area contributed by atoms with Crippen LogP contribution in [0, 0.1) is 0 Å². The first-order chi connectivity index (χ1) is 14.6. The van der Waals surface area contributed by atoms with E-state index in [9.17, 15) is 9.59 Å². The summed E-state index contributed by atoms with van der Waals surface area (Å²) < 4.78 is 47.7. The van der Waals surface area contributed by atoms with Gasteiger partial charge >= 0.3 is 24.8 Å². The Hall–Kier alpha value is 0.352. The number of carbonyl (C=O) groups is 2. The van der Waals surface area contributed by atoms with Crippen molar-refractivity contribution in [2.24, 2.45) is 0 Å². The van der Waals surface area contributed by atoms with Gasteiger partial charge in [-0.2, -0.15) is 0 Å². The lowest BCUT2D eigenvalue weighted by Gasteiger charge is -2.35. The Bertz CT molecular complexity index is 526. The lowest BCUT2D eigenvalue weighted by atomic mass is 10.7. The van der Waals surface area contributed by atoms with E-state index in [4.69, 9.17) is 37.7 Å². The summed E-state index contributed by atoms with van der Waals surface area (Å²) in [5.74, 6) is -0.770. The zero-order valence-electron chi connectivity index (χ0n) is 20.8. The molecule has 0 amide bonds. The zero-order valence-corrected chi connectivity index (χ0v) is 32.9. The Labute approximate surface area is 210 Å². The van der Waals surface area contributed by atoms with Gasteiger partial charge in [0, 0.05) is 19.5 Å². The van der Waals surface area contributed by atoms with Gasteiger partial charge in [0.05, 0.1) is 0 Å². The maximum absolute atomic E-state index is 11.1. The van der Waals surface area contributed by atoms with Crippen molar-refractivity contribution in [2.75, 3.05) is 0 Å². The Kier molecular flexibility index (Phi) is 20.1. The molecular formula is C12H40O11Si9. The first-order valence-electron chi connectivity index (χ1n) is 9.83. The molecule has 20 heteroatoms. The number of carbonyl (C=O) groups excluding carboxylic acids is 2. The summed E-state index contributed by atoms with van der Waals surface area (Å²) in [7, 11) is -10.5. The maximum atomic E-state index is 11.1. The van der Waals surface area contributed by atoms with E-state index in [2.05, 4.69) is 45.9 Å². The molecule has 0 saturated carbocycles. The van der Waals surface area contributed by atoms with E-state index in [1.54, 1.807) is 0 Å². The Morgan fingerprint density at radius 2 is 1.19 bits per heavy atom. The van der Waals surface area contributed by atoms with Crippen LogP contribution in [0.25, 0.3) is 0 Å². The molecule has 0 aliphatic heterocycles. The molecular weight excluding hydrogens is 573 g/mol. The van der Waals surface area contributed by atoms with Crippen LogP contribution in [0.15, 0.2) is 12.7 Å². The standard InChI is InChI=1S/C9H24O4Si3.C3H16O7Si6/c1-9(10)11-16(8,12-14(2,3)4)13-15(5,6)7;1-2-3(4)5-12-7-14-9-16-10-15-8-13-6-11/h1-8H3;2H,1,12-16H2,11H3. The lowest BCUT2D eigenvalue weighted by molar-refractivity contribution is -0.135. The van der Waals surface area contributed by atoms with Gasteiger partial charge in [-0.05, 0) is 39.3 Å². The Morgan fingerprint density at radius 3 is 1.53 bits per heavy atom. The van der Waals surface area contributed by atoms with Crippen LogP contribution < -0.4 is 0 Å². The molecule has 0 unspecified atom stereocenters. The molecule has 11 nitrogen and oxygen atoms in total. The van der Waals surface area contributed by atoms with Gasteiger partial charge in [-0.25, -0.2) is 4.79 Å². The number of hydrogen-bond donors (Lipinski definition) is 0. The summed E-state index contributed by atoms with van der Waals surface area (Å²) >= 11 is 0. The van der Waals surface area contributed by atoms with E-state index >= 15 is 0 Å². The van der Waals surface area contributed by atoms with Crippen LogP contribution in [-0.4, -0.2) is 97.9 Å². The fraction of sp³-hybridized carbons (Fsp3) is 0.667. The van der Waals surface area contributed by atoms with Crippen molar-refractivity contribution in [3.63, 3.8) is 0 Å². The molecule has 0 spiro atoms. The average Bonchev–Trinajstić information content (AvgIpc) is 2.59. The highest BCUT2D eigenvalue weighted by molar-refractivity contribution is 6.85. The summed E-state index contributed by atoms with van der Waals surface area (Å²) in [5, 5.41) is 0. The molecule has 0 saturated heterocycles. The molecule has 0 aromatic heterocycles. The molecule has 0 aliphatic carbocycles. The van der Waals surface area contributed by atoms with E-state index in [-0.39, 0.29) is 5.97 Å². The van der Waals surface area contributed by atoms with Crippen LogP contribution in [0.2, 0.25) is 45.8 Å². The molecule has 0 aliphatic rings. The Balaban J connectivity index is 0. The second-order valence-corrected chi connectivity index (χ2v) is 30.6. The smallest absolute Gasteiger partial charge is 0.497 e. The van der Waals surface area contributed by atoms with Crippen LogP contribution in [0.5, 0.6) is 0 Å². The van der Waals surface area contributed by atoms with Crippen molar-refractivity contribution in [2.45, 2.75) is 52.8 Å². The first-order valence-corrected chi connectivity index (χ1v) is 25.5. The molecule has 0 aromatic rings. The van der Waals surface area contributed by atoms with E-state index in [1.807, 2.05) is 6.55 Å². The monoisotopic (exact) mass is 612 g/mol. The summed E-state index contributed by atoms with van der Waals surface area (Å²) in [6.45, 7) is 18.9. The van der Waals surface area contributed by atoms with Gasteiger partial charge < -0.3 is 37.7 Å². The van der Waals surface area contributed by atoms with Gasteiger partial charge in [-0.15, -0.1) is 0 Å². The van der Waals surface area contributed by atoms with Gasteiger partial charge in [0.15, 0.2) is 16.6 Å². The number of hydrogen-bond acceptors (Lipinski definition) is 11. The van der Waals surface area contributed by atoms with Crippen LogP contribution in [0.1, 0.15) is 6.92 Å². The van der Waals surface area contributed by atoms with Crippen LogP contribution in [0.3, 0.4) is 0 Å². The minimum atomic E-state index is -2.81. The van der Waals surface area contributed by atoms with E-state index < -0.39 is 81.4 Å². The van der Waals surface area contributed by atoms with Crippen molar-refractivity contribution in [3.05, 3.63) is 12.7 Å². The largest absolute Gasteiger partial charge is 0.543 e. The quantitative estimate of drug-likeness (QED) is 0.100. The van der Waals surface area contributed by atoms with Gasteiger partial charge in [-0.1, -0.05) is 6.58 Å². The molecule has 0 aromatic carbocycles. The van der Waals surface area contributed by atoms with E-state index in [1.165, 1.54) is 6.92 Å². The SMILES string of the molecule is C=CC(=O)O[SiH2]O[SiH2]O[SiH2]O[SiH2]O[SiH2]O[SiH3].CC(=O)O[Si](C)(O[Si](C)(C)C)O[Si](C)(C)C. The highest BCUT2D eigenvalue weighted by atomic mass is 28.5. The molecule has 190 valence electrons. The van der Waals surface area contributed by atoms with Crippen molar-refractivity contribution in [3.8, 4) is 0 Å². The Morgan fingerprint density at radius 1 is 0.781 bits per heavy atom. The van der Waals surface area contributed by atoms with Gasteiger partial charge in [0.2, 0.25) is 0 Å². The molecule has 0 rings (SSSR count). The van der Waals surface area contributed by atoms with Gasteiger partial charge in [0.1, 0.15) is 10.5 Å². The summed E-state index contributed by atoms with van der Waals surface area (Å²) in [6, 6.07) is 0.